The maximum absolute atomic E-state index is 12.9. The Balaban J connectivity index is 2.21. The molecule has 0 spiro atoms. The largest absolute Gasteiger partial charge is 0.465 e. The minimum atomic E-state index is -0.587. The molecule has 0 unspecified atom stereocenters. The summed E-state index contributed by atoms with van der Waals surface area (Å²) in [7, 11) is 1.28. The Bertz CT molecular complexity index is 951. The van der Waals surface area contributed by atoms with Crippen LogP contribution < -0.4 is 0 Å². The van der Waals surface area contributed by atoms with E-state index in [1.54, 1.807) is 32.0 Å². The van der Waals surface area contributed by atoms with Crippen LogP contribution in [-0.2, 0) is 4.74 Å². The van der Waals surface area contributed by atoms with E-state index in [9.17, 15) is 9.59 Å². The molecule has 7 nitrogen and oxygen atoms in total. The summed E-state index contributed by atoms with van der Waals surface area (Å²) in [6.45, 7) is 5.30. The zero-order chi connectivity index (χ0) is 18.1. The number of hydrogen-bond acceptors (Lipinski definition) is 6. The van der Waals surface area contributed by atoms with Gasteiger partial charge in [0.15, 0.2) is 0 Å². The molecule has 0 saturated heterocycles. The van der Waals surface area contributed by atoms with Crippen molar-refractivity contribution in [1.82, 2.24) is 14.9 Å². The average Bonchev–Trinajstić information content (AvgIpc) is 3.17. The van der Waals surface area contributed by atoms with Gasteiger partial charge in [-0.05, 0) is 32.9 Å². The van der Waals surface area contributed by atoms with Crippen LogP contribution in [0.3, 0.4) is 0 Å². The highest BCUT2D eigenvalue weighted by molar-refractivity contribution is 6.03. The molecular weight excluding hydrogens is 322 g/mol. The van der Waals surface area contributed by atoms with Crippen LogP contribution in [0, 0.1) is 20.8 Å². The van der Waals surface area contributed by atoms with Crippen molar-refractivity contribution in [3.8, 4) is 11.4 Å². The lowest BCUT2D eigenvalue weighted by atomic mass is 10.1. The Hall–Kier alpha value is -3.22. The Morgan fingerprint density at radius 2 is 1.80 bits per heavy atom. The molecule has 0 aliphatic carbocycles. The van der Waals surface area contributed by atoms with Crippen molar-refractivity contribution in [2.24, 2.45) is 0 Å². The number of hydrogen-bond donors (Lipinski definition) is 0. The van der Waals surface area contributed by atoms with Gasteiger partial charge in [0.25, 0.3) is 5.91 Å². The van der Waals surface area contributed by atoms with Crippen LogP contribution in [0.25, 0.3) is 11.4 Å². The van der Waals surface area contributed by atoms with Crippen molar-refractivity contribution < 1.29 is 18.8 Å². The van der Waals surface area contributed by atoms with E-state index in [2.05, 4.69) is 10.3 Å². The minimum Gasteiger partial charge on any atom is -0.465 e. The summed E-state index contributed by atoms with van der Waals surface area (Å²) in [4.78, 5) is 25.1. The summed E-state index contributed by atoms with van der Waals surface area (Å²) in [6.07, 6.45) is 0. The molecule has 7 heteroatoms. The summed E-state index contributed by atoms with van der Waals surface area (Å²) in [5.41, 5.74) is 2.66. The van der Waals surface area contributed by atoms with Gasteiger partial charge in [0, 0.05) is 11.6 Å². The SMILES string of the molecule is COC(=O)c1c(C)nn(C(=O)c2ccc(C)cc2)c1-c1cc(C)on1. The fourth-order valence-electron chi connectivity index (χ4n) is 2.55. The van der Waals surface area contributed by atoms with Crippen molar-refractivity contribution in [2.75, 3.05) is 7.11 Å². The van der Waals surface area contributed by atoms with Crippen LogP contribution in [0.1, 0.15) is 37.7 Å². The number of nitrogens with zero attached hydrogens (tertiary/aromatic N) is 3. The molecule has 128 valence electrons. The van der Waals surface area contributed by atoms with Gasteiger partial charge in [-0.25, -0.2) is 4.79 Å². The zero-order valence-electron chi connectivity index (χ0n) is 14.4. The number of rotatable bonds is 3. The fourth-order valence-corrected chi connectivity index (χ4v) is 2.55. The summed E-state index contributed by atoms with van der Waals surface area (Å²) in [5.74, 6) is -0.399. The van der Waals surface area contributed by atoms with E-state index in [1.807, 2.05) is 19.1 Å². The number of ether oxygens (including phenoxy) is 1. The molecule has 0 bridgehead atoms. The third-order valence-corrected chi connectivity index (χ3v) is 3.81. The highest BCUT2D eigenvalue weighted by Gasteiger charge is 2.28. The fraction of sp³-hybridized carbons (Fsp3) is 0.222. The number of esters is 1. The van der Waals surface area contributed by atoms with E-state index in [0.717, 1.165) is 5.56 Å². The maximum atomic E-state index is 12.9. The van der Waals surface area contributed by atoms with Crippen molar-refractivity contribution in [3.05, 3.63) is 58.5 Å². The van der Waals surface area contributed by atoms with Crippen LogP contribution >= 0.6 is 0 Å². The molecule has 1 aromatic carbocycles. The summed E-state index contributed by atoms with van der Waals surface area (Å²) in [5, 5.41) is 8.18. The molecule has 0 saturated carbocycles. The third kappa shape index (κ3) is 2.96. The van der Waals surface area contributed by atoms with Crippen molar-refractivity contribution >= 4 is 11.9 Å². The molecule has 0 fully saturated rings. The number of aryl methyl sites for hydroxylation is 3. The first-order valence-electron chi connectivity index (χ1n) is 7.65. The molecular formula is C18H17N3O4. The van der Waals surface area contributed by atoms with Crippen molar-refractivity contribution in [3.63, 3.8) is 0 Å². The van der Waals surface area contributed by atoms with Gasteiger partial charge in [-0.15, -0.1) is 0 Å². The van der Waals surface area contributed by atoms with E-state index in [0.29, 0.717) is 22.7 Å². The van der Waals surface area contributed by atoms with E-state index >= 15 is 0 Å². The van der Waals surface area contributed by atoms with Crippen LogP contribution in [0.4, 0.5) is 0 Å². The Morgan fingerprint density at radius 1 is 1.12 bits per heavy atom. The van der Waals surface area contributed by atoms with Crippen LogP contribution in [-0.4, -0.2) is 33.9 Å². The van der Waals surface area contributed by atoms with Crippen LogP contribution in [0.2, 0.25) is 0 Å². The monoisotopic (exact) mass is 339 g/mol. The molecule has 0 N–H and O–H groups in total. The lowest BCUT2D eigenvalue weighted by Gasteiger charge is -2.06. The maximum Gasteiger partial charge on any atom is 0.342 e. The van der Waals surface area contributed by atoms with Gasteiger partial charge in [0.1, 0.15) is 22.7 Å². The van der Waals surface area contributed by atoms with Gasteiger partial charge < -0.3 is 9.26 Å². The van der Waals surface area contributed by atoms with Gasteiger partial charge in [-0.1, -0.05) is 22.9 Å². The second kappa shape index (κ2) is 6.35. The van der Waals surface area contributed by atoms with E-state index in [1.165, 1.54) is 11.8 Å². The molecule has 3 aromatic rings. The predicted molar refractivity (Wildman–Crippen MR) is 89.4 cm³/mol. The molecule has 0 radical (unpaired) electrons. The first kappa shape index (κ1) is 16.6. The van der Waals surface area contributed by atoms with E-state index in [-0.39, 0.29) is 17.2 Å². The Labute approximate surface area is 144 Å². The second-order valence-corrected chi connectivity index (χ2v) is 5.71. The lowest BCUT2D eigenvalue weighted by molar-refractivity contribution is 0.0601. The number of benzene rings is 1. The average molecular weight is 339 g/mol. The number of carbonyl (C=O) groups is 2. The van der Waals surface area contributed by atoms with Gasteiger partial charge in [-0.2, -0.15) is 9.78 Å². The van der Waals surface area contributed by atoms with Crippen molar-refractivity contribution in [2.45, 2.75) is 20.8 Å². The summed E-state index contributed by atoms with van der Waals surface area (Å²) >= 11 is 0. The quantitative estimate of drug-likeness (QED) is 0.682. The molecule has 2 heterocycles. The highest BCUT2D eigenvalue weighted by atomic mass is 16.5. The van der Waals surface area contributed by atoms with E-state index in [4.69, 9.17) is 9.26 Å². The molecule has 2 aromatic heterocycles. The summed E-state index contributed by atoms with van der Waals surface area (Å²) in [6, 6.07) is 8.74. The summed E-state index contributed by atoms with van der Waals surface area (Å²) < 4.78 is 11.1. The normalized spacial score (nSPS) is 10.7. The first-order chi connectivity index (χ1) is 11.9. The Kier molecular flexibility index (Phi) is 4.22. The topological polar surface area (TPSA) is 87.2 Å². The molecule has 3 rings (SSSR count). The molecule has 0 atom stereocenters. The standard InChI is InChI=1S/C18H17N3O4/c1-10-5-7-13(8-6-10)17(22)21-16(14-9-11(2)25-20-14)15(12(3)19-21)18(23)24-4/h5-9H,1-4H3. The highest BCUT2D eigenvalue weighted by Crippen LogP contribution is 2.27. The predicted octanol–water partition coefficient (Wildman–Crippen LogP) is 2.94. The lowest BCUT2D eigenvalue weighted by Crippen LogP contribution is -2.16. The molecule has 0 amide bonds. The Morgan fingerprint density at radius 3 is 2.36 bits per heavy atom. The minimum absolute atomic E-state index is 0.191. The van der Waals surface area contributed by atoms with Gasteiger partial charge in [-0.3, -0.25) is 4.79 Å². The zero-order valence-corrected chi connectivity index (χ0v) is 14.4. The third-order valence-electron chi connectivity index (χ3n) is 3.81. The smallest absolute Gasteiger partial charge is 0.342 e. The van der Waals surface area contributed by atoms with Gasteiger partial charge in [0.2, 0.25) is 0 Å². The van der Waals surface area contributed by atoms with Crippen LogP contribution in [0.15, 0.2) is 34.9 Å². The number of carbonyl (C=O) groups excluding carboxylic acids is 2. The van der Waals surface area contributed by atoms with E-state index < -0.39 is 5.97 Å². The molecule has 0 aliphatic heterocycles. The van der Waals surface area contributed by atoms with Crippen LogP contribution in [0.5, 0.6) is 0 Å². The number of methoxy groups -OCH3 is 1. The van der Waals surface area contributed by atoms with Crippen molar-refractivity contribution in [1.29, 1.82) is 0 Å². The second-order valence-electron chi connectivity index (χ2n) is 5.71. The number of aromatic nitrogens is 3. The molecule has 25 heavy (non-hydrogen) atoms. The molecule has 0 aliphatic rings. The van der Waals surface area contributed by atoms with Gasteiger partial charge in [0.05, 0.1) is 12.8 Å². The first-order valence-corrected chi connectivity index (χ1v) is 7.65. The van der Waals surface area contributed by atoms with Gasteiger partial charge >= 0.3 is 5.97 Å².